The maximum Gasteiger partial charge on any atom is 0.251 e. The SMILES string of the molecule is CCc1cc(=O)[nH]c(-c2ccc(N3CCCC(Nc4cc(OC)cc(OC)c4)C3)nc2)n1. The zero-order valence-electron chi connectivity index (χ0n) is 18.7. The summed E-state index contributed by atoms with van der Waals surface area (Å²) in [6, 6.07) is 11.6. The summed E-state index contributed by atoms with van der Waals surface area (Å²) in [6.45, 7) is 3.77. The second-order valence-corrected chi connectivity index (χ2v) is 7.87. The molecular weight excluding hydrogens is 406 g/mol. The van der Waals surface area contributed by atoms with E-state index in [4.69, 9.17) is 9.47 Å². The fraction of sp³-hybridized carbons (Fsp3) is 0.375. The number of pyridine rings is 1. The number of nitrogens with one attached hydrogen (secondary N) is 2. The Morgan fingerprint density at radius 2 is 1.94 bits per heavy atom. The van der Waals surface area contributed by atoms with Crippen molar-refractivity contribution in [3.05, 3.63) is 58.6 Å². The van der Waals surface area contributed by atoms with E-state index >= 15 is 0 Å². The number of hydrogen-bond donors (Lipinski definition) is 2. The Hall–Kier alpha value is -3.55. The Bertz CT molecular complexity index is 1090. The summed E-state index contributed by atoms with van der Waals surface area (Å²) >= 11 is 0. The van der Waals surface area contributed by atoms with Gasteiger partial charge in [-0.1, -0.05) is 6.92 Å². The Morgan fingerprint density at radius 3 is 2.59 bits per heavy atom. The summed E-state index contributed by atoms with van der Waals surface area (Å²) in [5, 5.41) is 3.61. The van der Waals surface area contributed by atoms with Crippen molar-refractivity contribution < 1.29 is 9.47 Å². The van der Waals surface area contributed by atoms with Gasteiger partial charge in [0.05, 0.1) is 14.2 Å². The zero-order chi connectivity index (χ0) is 22.5. The van der Waals surface area contributed by atoms with Crippen molar-refractivity contribution in [2.45, 2.75) is 32.2 Å². The van der Waals surface area contributed by atoms with Crippen molar-refractivity contribution in [3.63, 3.8) is 0 Å². The van der Waals surface area contributed by atoms with Gasteiger partial charge in [0.2, 0.25) is 0 Å². The number of aromatic amines is 1. The summed E-state index contributed by atoms with van der Waals surface area (Å²) in [6.07, 6.45) is 4.62. The molecule has 3 aromatic rings. The third-order valence-corrected chi connectivity index (χ3v) is 5.65. The maximum atomic E-state index is 11.9. The number of aryl methyl sites for hydroxylation is 1. The molecule has 32 heavy (non-hydrogen) atoms. The fourth-order valence-electron chi connectivity index (χ4n) is 3.97. The molecule has 0 amide bonds. The monoisotopic (exact) mass is 435 g/mol. The van der Waals surface area contributed by atoms with Gasteiger partial charge < -0.3 is 24.7 Å². The predicted octanol–water partition coefficient (Wildman–Crippen LogP) is 3.49. The van der Waals surface area contributed by atoms with Crippen LogP contribution in [-0.2, 0) is 6.42 Å². The van der Waals surface area contributed by atoms with Crippen LogP contribution in [0.25, 0.3) is 11.4 Å². The van der Waals surface area contributed by atoms with Crippen molar-refractivity contribution >= 4 is 11.5 Å². The molecule has 0 spiro atoms. The van der Waals surface area contributed by atoms with Crippen LogP contribution in [0.4, 0.5) is 11.5 Å². The fourth-order valence-corrected chi connectivity index (χ4v) is 3.97. The molecule has 1 aliphatic heterocycles. The number of ether oxygens (including phenoxy) is 2. The summed E-state index contributed by atoms with van der Waals surface area (Å²) in [7, 11) is 3.31. The van der Waals surface area contributed by atoms with Crippen LogP contribution in [0.1, 0.15) is 25.5 Å². The van der Waals surface area contributed by atoms with E-state index in [1.165, 1.54) is 6.07 Å². The Balaban J connectivity index is 1.47. The first-order valence-corrected chi connectivity index (χ1v) is 10.9. The van der Waals surface area contributed by atoms with Gasteiger partial charge in [0.15, 0.2) is 0 Å². The van der Waals surface area contributed by atoms with Crippen molar-refractivity contribution in [3.8, 4) is 22.9 Å². The number of anilines is 2. The molecule has 1 fully saturated rings. The average molecular weight is 436 g/mol. The number of hydrogen-bond acceptors (Lipinski definition) is 7. The molecule has 0 radical (unpaired) electrons. The summed E-state index contributed by atoms with van der Waals surface area (Å²) < 4.78 is 10.8. The lowest BCUT2D eigenvalue weighted by atomic mass is 10.0. The second-order valence-electron chi connectivity index (χ2n) is 7.87. The first-order chi connectivity index (χ1) is 15.6. The minimum absolute atomic E-state index is 0.143. The van der Waals surface area contributed by atoms with Gasteiger partial charge in [0, 0.05) is 66.5 Å². The topological polar surface area (TPSA) is 92.4 Å². The lowest BCUT2D eigenvalue weighted by Gasteiger charge is -2.34. The molecule has 1 unspecified atom stereocenters. The van der Waals surface area contributed by atoms with Crippen LogP contribution in [0.3, 0.4) is 0 Å². The molecule has 168 valence electrons. The standard InChI is InChI=1S/C24H29N5O3/c1-4-17-12-23(30)28-24(27-17)16-7-8-22(25-14-16)29-9-5-6-18(15-29)26-19-10-20(31-2)13-21(11-19)32-3/h7-8,10-14,18,26H,4-6,9,15H2,1-3H3,(H,27,28,30). The minimum atomic E-state index is -0.143. The van der Waals surface area contributed by atoms with Gasteiger partial charge in [-0.15, -0.1) is 0 Å². The highest BCUT2D eigenvalue weighted by molar-refractivity contribution is 5.57. The largest absolute Gasteiger partial charge is 0.497 e. The first kappa shape index (κ1) is 21.7. The quantitative estimate of drug-likeness (QED) is 0.587. The van der Waals surface area contributed by atoms with E-state index in [0.29, 0.717) is 12.2 Å². The van der Waals surface area contributed by atoms with Crippen LogP contribution in [0, 0.1) is 0 Å². The maximum absolute atomic E-state index is 11.9. The van der Waals surface area contributed by atoms with Gasteiger partial charge in [-0.25, -0.2) is 9.97 Å². The van der Waals surface area contributed by atoms with Crippen LogP contribution in [0.2, 0.25) is 0 Å². The van der Waals surface area contributed by atoms with Crippen LogP contribution in [-0.4, -0.2) is 48.3 Å². The van der Waals surface area contributed by atoms with Crippen molar-refractivity contribution in [1.29, 1.82) is 0 Å². The number of benzene rings is 1. The van der Waals surface area contributed by atoms with Crippen molar-refractivity contribution in [1.82, 2.24) is 15.0 Å². The Kier molecular flexibility index (Phi) is 6.58. The number of methoxy groups -OCH3 is 2. The van der Waals surface area contributed by atoms with E-state index in [1.807, 2.05) is 37.3 Å². The highest BCUT2D eigenvalue weighted by Crippen LogP contribution is 2.28. The van der Waals surface area contributed by atoms with Gasteiger partial charge >= 0.3 is 0 Å². The lowest BCUT2D eigenvalue weighted by molar-refractivity contribution is 0.394. The number of nitrogens with zero attached hydrogens (tertiary/aromatic N) is 3. The van der Waals surface area contributed by atoms with E-state index in [9.17, 15) is 4.79 Å². The molecule has 1 aromatic carbocycles. The van der Waals surface area contributed by atoms with Crippen LogP contribution >= 0.6 is 0 Å². The third-order valence-electron chi connectivity index (χ3n) is 5.65. The molecule has 2 aromatic heterocycles. The lowest BCUT2D eigenvalue weighted by Crippen LogP contribution is -2.42. The van der Waals surface area contributed by atoms with Crippen LogP contribution in [0.5, 0.6) is 11.5 Å². The highest BCUT2D eigenvalue weighted by Gasteiger charge is 2.21. The Labute approximate surface area is 187 Å². The van der Waals surface area contributed by atoms with E-state index in [1.54, 1.807) is 20.4 Å². The van der Waals surface area contributed by atoms with Crippen LogP contribution in [0.15, 0.2) is 47.4 Å². The molecule has 0 saturated carbocycles. The average Bonchev–Trinajstić information content (AvgIpc) is 2.83. The van der Waals surface area contributed by atoms with E-state index in [2.05, 4.69) is 25.2 Å². The minimum Gasteiger partial charge on any atom is -0.497 e. The molecule has 3 heterocycles. The number of H-pyrrole nitrogens is 1. The van der Waals surface area contributed by atoms with Gasteiger partial charge in [-0.2, -0.15) is 0 Å². The molecule has 8 heteroatoms. The first-order valence-electron chi connectivity index (χ1n) is 10.9. The smallest absolute Gasteiger partial charge is 0.251 e. The summed E-state index contributed by atoms with van der Waals surface area (Å²) in [5.41, 5.74) is 2.40. The second kappa shape index (κ2) is 9.72. The van der Waals surface area contributed by atoms with E-state index in [-0.39, 0.29) is 11.6 Å². The zero-order valence-corrected chi connectivity index (χ0v) is 18.7. The highest BCUT2D eigenvalue weighted by atomic mass is 16.5. The van der Waals surface area contributed by atoms with Crippen molar-refractivity contribution in [2.24, 2.45) is 0 Å². The molecule has 1 aliphatic rings. The van der Waals surface area contributed by atoms with Gasteiger partial charge in [0.25, 0.3) is 5.56 Å². The number of aromatic nitrogens is 3. The van der Waals surface area contributed by atoms with Gasteiger partial charge in [0.1, 0.15) is 23.1 Å². The molecule has 4 rings (SSSR count). The molecule has 1 saturated heterocycles. The molecule has 0 bridgehead atoms. The number of piperidine rings is 1. The normalized spacial score (nSPS) is 16.0. The number of rotatable bonds is 7. The summed E-state index contributed by atoms with van der Waals surface area (Å²) in [4.78, 5) is 26.1. The predicted molar refractivity (Wildman–Crippen MR) is 126 cm³/mol. The Morgan fingerprint density at radius 1 is 1.16 bits per heavy atom. The molecule has 8 nitrogen and oxygen atoms in total. The third kappa shape index (κ3) is 5.01. The van der Waals surface area contributed by atoms with E-state index in [0.717, 1.165) is 60.2 Å². The summed E-state index contributed by atoms with van der Waals surface area (Å²) in [5.74, 6) is 2.99. The molecule has 1 atom stereocenters. The van der Waals surface area contributed by atoms with E-state index < -0.39 is 0 Å². The van der Waals surface area contributed by atoms with Crippen molar-refractivity contribution in [2.75, 3.05) is 37.5 Å². The molecule has 0 aliphatic carbocycles. The molecular formula is C24H29N5O3. The van der Waals surface area contributed by atoms with Gasteiger partial charge in [-0.05, 0) is 31.4 Å². The van der Waals surface area contributed by atoms with Gasteiger partial charge in [-0.3, -0.25) is 4.79 Å². The molecule has 2 N–H and O–H groups in total. The van der Waals surface area contributed by atoms with Crippen LogP contribution < -0.4 is 25.2 Å².